The van der Waals surface area contributed by atoms with Crippen molar-refractivity contribution >= 4 is 5.97 Å². The van der Waals surface area contributed by atoms with E-state index in [1.165, 1.54) is 7.11 Å². The van der Waals surface area contributed by atoms with E-state index in [4.69, 9.17) is 4.74 Å². The number of fused-ring (bicyclic) bond motifs is 1. The Morgan fingerprint density at radius 3 is 3.00 bits per heavy atom. The maximum absolute atomic E-state index is 11.8. The summed E-state index contributed by atoms with van der Waals surface area (Å²) in [6.45, 7) is 0.798. The molecule has 0 saturated carbocycles. The van der Waals surface area contributed by atoms with Gasteiger partial charge >= 0.3 is 5.97 Å². The van der Waals surface area contributed by atoms with E-state index in [9.17, 15) is 9.90 Å². The summed E-state index contributed by atoms with van der Waals surface area (Å²) in [5.74, 6) is 0.406. The number of aromatic hydroxyl groups is 1. The second kappa shape index (κ2) is 5.00. The van der Waals surface area contributed by atoms with Gasteiger partial charge in [0.25, 0.3) is 0 Å². The van der Waals surface area contributed by atoms with E-state index in [1.807, 2.05) is 16.7 Å². The van der Waals surface area contributed by atoms with Gasteiger partial charge in [0.15, 0.2) is 0 Å². The number of carbonyl (C=O) groups is 1. The summed E-state index contributed by atoms with van der Waals surface area (Å²) in [5.41, 5.74) is 1.55. The van der Waals surface area contributed by atoms with Gasteiger partial charge in [-0.25, -0.2) is 4.98 Å². The number of methoxy groups -OCH3 is 1. The fraction of sp³-hybridized carbons (Fsp3) is 0.333. The third kappa shape index (κ3) is 1.95. The fourth-order valence-corrected chi connectivity index (χ4v) is 2.76. The van der Waals surface area contributed by atoms with Crippen LogP contribution in [-0.2, 0) is 16.1 Å². The number of benzene rings is 1. The smallest absolute Gasteiger partial charge is 0.314 e. The largest absolute Gasteiger partial charge is 0.507 e. The average molecular weight is 272 g/mol. The Hall–Kier alpha value is -2.30. The van der Waals surface area contributed by atoms with E-state index in [1.54, 1.807) is 18.3 Å². The van der Waals surface area contributed by atoms with Crippen LogP contribution < -0.4 is 0 Å². The van der Waals surface area contributed by atoms with Crippen LogP contribution in [0.4, 0.5) is 0 Å². The number of rotatable bonds is 2. The minimum absolute atomic E-state index is 0.195. The van der Waals surface area contributed by atoms with Crippen LogP contribution in [0.25, 0.3) is 11.4 Å². The molecule has 5 heteroatoms. The van der Waals surface area contributed by atoms with Crippen molar-refractivity contribution in [3.8, 4) is 17.1 Å². The molecule has 0 aliphatic carbocycles. The normalized spacial score (nSPS) is 17.6. The van der Waals surface area contributed by atoms with Gasteiger partial charge in [0.05, 0.1) is 24.3 Å². The van der Waals surface area contributed by atoms with Crippen molar-refractivity contribution in [2.24, 2.45) is 0 Å². The van der Waals surface area contributed by atoms with Gasteiger partial charge in [0, 0.05) is 12.7 Å². The number of phenolic OH excluding ortho intramolecular Hbond substituents is 1. The number of aromatic nitrogens is 2. The molecule has 104 valence electrons. The summed E-state index contributed by atoms with van der Waals surface area (Å²) < 4.78 is 6.86. The molecule has 0 radical (unpaired) electrons. The summed E-state index contributed by atoms with van der Waals surface area (Å²) in [5, 5.41) is 9.96. The van der Waals surface area contributed by atoms with Crippen LogP contribution in [0, 0.1) is 0 Å². The van der Waals surface area contributed by atoms with Crippen molar-refractivity contribution in [1.82, 2.24) is 9.55 Å². The molecule has 2 heterocycles. The van der Waals surface area contributed by atoms with Crippen LogP contribution in [0.15, 0.2) is 30.5 Å². The Kier molecular flexibility index (Phi) is 3.18. The summed E-state index contributed by atoms with van der Waals surface area (Å²) in [7, 11) is 1.40. The predicted molar refractivity (Wildman–Crippen MR) is 73.3 cm³/mol. The number of carbonyl (C=O) groups excluding carboxylic acids is 1. The summed E-state index contributed by atoms with van der Waals surface area (Å²) >= 11 is 0. The number of esters is 1. The predicted octanol–water partition coefficient (Wildman–Crippen LogP) is 2.31. The van der Waals surface area contributed by atoms with E-state index in [-0.39, 0.29) is 17.6 Å². The first-order valence-corrected chi connectivity index (χ1v) is 6.64. The number of ether oxygens (including phenoxy) is 1. The second-order valence-electron chi connectivity index (χ2n) is 4.89. The molecular weight excluding hydrogens is 256 g/mol. The van der Waals surface area contributed by atoms with Gasteiger partial charge in [-0.3, -0.25) is 4.79 Å². The number of para-hydroxylation sites is 1. The molecular formula is C15H16N2O3. The number of hydrogen-bond acceptors (Lipinski definition) is 4. The molecule has 1 aliphatic rings. The molecule has 1 unspecified atom stereocenters. The molecule has 0 saturated heterocycles. The van der Waals surface area contributed by atoms with Gasteiger partial charge < -0.3 is 14.4 Å². The monoisotopic (exact) mass is 272 g/mol. The van der Waals surface area contributed by atoms with Crippen molar-refractivity contribution in [2.75, 3.05) is 7.11 Å². The molecule has 0 fully saturated rings. The van der Waals surface area contributed by atoms with Crippen molar-refractivity contribution in [1.29, 1.82) is 0 Å². The zero-order valence-electron chi connectivity index (χ0n) is 11.2. The van der Waals surface area contributed by atoms with Crippen LogP contribution in [0.3, 0.4) is 0 Å². The topological polar surface area (TPSA) is 64.4 Å². The molecule has 1 aromatic carbocycles. The van der Waals surface area contributed by atoms with E-state index >= 15 is 0 Å². The zero-order chi connectivity index (χ0) is 14.1. The lowest BCUT2D eigenvalue weighted by atomic mass is 9.96. The maximum Gasteiger partial charge on any atom is 0.314 e. The Morgan fingerprint density at radius 1 is 1.45 bits per heavy atom. The highest BCUT2D eigenvalue weighted by molar-refractivity contribution is 5.78. The maximum atomic E-state index is 11.8. The Morgan fingerprint density at radius 2 is 2.25 bits per heavy atom. The molecule has 5 nitrogen and oxygen atoms in total. The van der Waals surface area contributed by atoms with Crippen LogP contribution >= 0.6 is 0 Å². The lowest BCUT2D eigenvalue weighted by molar-refractivity contribution is -0.143. The first kappa shape index (κ1) is 12.7. The Bertz CT molecular complexity index is 648. The number of hydrogen-bond donors (Lipinski definition) is 1. The Labute approximate surface area is 116 Å². The molecule has 0 bridgehead atoms. The van der Waals surface area contributed by atoms with E-state index in [2.05, 4.69) is 4.98 Å². The number of imidazole rings is 1. The van der Waals surface area contributed by atoms with E-state index in [0.29, 0.717) is 11.4 Å². The molecule has 1 atom stereocenters. The highest BCUT2D eigenvalue weighted by Crippen LogP contribution is 2.35. The molecule has 2 aromatic rings. The van der Waals surface area contributed by atoms with E-state index in [0.717, 1.165) is 25.1 Å². The third-order valence-electron chi connectivity index (χ3n) is 3.75. The van der Waals surface area contributed by atoms with Gasteiger partial charge in [0.1, 0.15) is 11.6 Å². The van der Waals surface area contributed by atoms with Crippen molar-refractivity contribution in [3.05, 3.63) is 36.2 Å². The molecule has 3 rings (SSSR count). The van der Waals surface area contributed by atoms with Crippen LogP contribution in [0.2, 0.25) is 0 Å². The van der Waals surface area contributed by atoms with Crippen LogP contribution in [-0.4, -0.2) is 27.7 Å². The quantitative estimate of drug-likeness (QED) is 0.852. The molecule has 0 spiro atoms. The van der Waals surface area contributed by atoms with Crippen LogP contribution in [0.5, 0.6) is 5.75 Å². The summed E-state index contributed by atoms with van der Waals surface area (Å²) in [4.78, 5) is 16.2. The lowest BCUT2D eigenvalue weighted by Crippen LogP contribution is -2.23. The highest BCUT2D eigenvalue weighted by atomic mass is 16.5. The first-order chi connectivity index (χ1) is 9.72. The van der Waals surface area contributed by atoms with Crippen molar-refractivity contribution in [2.45, 2.75) is 25.3 Å². The highest BCUT2D eigenvalue weighted by Gasteiger charge is 2.30. The zero-order valence-corrected chi connectivity index (χ0v) is 11.2. The molecule has 1 aliphatic heterocycles. The summed E-state index contributed by atoms with van der Waals surface area (Å²) in [6.07, 6.45) is 3.38. The first-order valence-electron chi connectivity index (χ1n) is 6.64. The minimum atomic E-state index is -0.263. The van der Waals surface area contributed by atoms with Gasteiger partial charge in [-0.1, -0.05) is 12.1 Å². The van der Waals surface area contributed by atoms with Gasteiger partial charge in [-0.15, -0.1) is 0 Å². The molecule has 1 aromatic heterocycles. The lowest BCUT2D eigenvalue weighted by Gasteiger charge is -2.23. The number of phenols is 1. The van der Waals surface area contributed by atoms with Crippen LogP contribution in [0.1, 0.15) is 24.5 Å². The molecule has 0 amide bonds. The van der Waals surface area contributed by atoms with E-state index < -0.39 is 0 Å². The number of nitrogens with zero attached hydrogens (tertiary/aromatic N) is 2. The van der Waals surface area contributed by atoms with Gasteiger partial charge in [0.2, 0.25) is 0 Å². The standard InChI is InChI=1S/C15H16N2O3/c1-20-15(19)10-6-4-8-17-12(10)9-16-14(17)11-5-2-3-7-13(11)18/h2-3,5,7,9-10,18H,4,6,8H2,1H3. The third-order valence-corrected chi connectivity index (χ3v) is 3.75. The molecule has 1 N–H and O–H groups in total. The van der Waals surface area contributed by atoms with Gasteiger partial charge in [-0.2, -0.15) is 0 Å². The average Bonchev–Trinajstić information content (AvgIpc) is 2.90. The fourth-order valence-electron chi connectivity index (χ4n) is 2.76. The van der Waals surface area contributed by atoms with Crippen molar-refractivity contribution < 1.29 is 14.6 Å². The summed E-state index contributed by atoms with van der Waals surface area (Å²) in [6, 6.07) is 7.09. The Balaban J connectivity index is 2.07. The van der Waals surface area contributed by atoms with Crippen molar-refractivity contribution in [3.63, 3.8) is 0 Å². The molecule has 20 heavy (non-hydrogen) atoms. The van der Waals surface area contributed by atoms with Gasteiger partial charge in [-0.05, 0) is 25.0 Å². The SMILES string of the molecule is COC(=O)C1CCCn2c1cnc2-c1ccccc1O. The minimum Gasteiger partial charge on any atom is -0.507 e. The second-order valence-corrected chi connectivity index (χ2v) is 4.89.